The van der Waals surface area contributed by atoms with Crippen molar-refractivity contribution in [2.45, 2.75) is 38.5 Å². The molecule has 0 aliphatic carbocycles. The number of carbonyl (C=O) groups excluding carboxylic acids is 3. The summed E-state index contributed by atoms with van der Waals surface area (Å²) in [5, 5.41) is 0.403. The number of rotatable bonds is 6. The summed E-state index contributed by atoms with van der Waals surface area (Å²) in [5.74, 6) is -1.48. The van der Waals surface area contributed by atoms with E-state index in [1.165, 1.54) is 0 Å². The zero-order chi connectivity index (χ0) is 27.2. The number of carbonyl (C=O) groups is 3. The highest BCUT2D eigenvalue weighted by atomic mass is 16.5. The van der Waals surface area contributed by atoms with E-state index in [4.69, 9.17) is 15.0 Å². The van der Waals surface area contributed by atoms with E-state index in [0.29, 0.717) is 36.3 Å². The van der Waals surface area contributed by atoms with Crippen LogP contribution >= 0.6 is 0 Å². The Morgan fingerprint density at radius 2 is 2.00 bits per heavy atom. The van der Waals surface area contributed by atoms with Crippen molar-refractivity contribution < 1.29 is 29.4 Å². The van der Waals surface area contributed by atoms with Crippen LogP contribution in [0.2, 0.25) is 1.41 Å². The quantitative estimate of drug-likeness (QED) is 0.708. The second-order valence-electron chi connectivity index (χ2n) is 8.33. The fourth-order valence-electron chi connectivity index (χ4n) is 4.17. The van der Waals surface area contributed by atoms with E-state index in [1.54, 1.807) is 23.1 Å². The molecule has 1 atom stereocenters. The van der Waals surface area contributed by atoms with Gasteiger partial charge in [-0.05, 0) is 36.1 Å². The highest BCUT2D eigenvalue weighted by molar-refractivity contribution is 6.02. The Bertz CT molecular complexity index is 1320. The number of ether oxygens (including phenoxy) is 2. The van der Waals surface area contributed by atoms with Crippen LogP contribution in [0.25, 0.3) is 0 Å². The molecule has 1 unspecified atom stereocenters. The first-order chi connectivity index (χ1) is 18.0. The molecule has 3 heterocycles. The van der Waals surface area contributed by atoms with Crippen LogP contribution < -0.4 is 10.0 Å². The van der Waals surface area contributed by atoms with Gasteiger partial charge in [0.05, 0.1) is 14.5 Å². The van der Waals surface area contributed by atoms with E-state index in [2.05, 4.69) is 6.58 Å². The maximum atomic E-state index is 13.3. The van der Waals surface area contributed by atoms with E-state index in [9.17, 15) is 14.4 Å². The van der Waals surface area contributed by atoms with Gasteiger partial charge in [-0.1, -0.05) is 36.9 Å². The Labute approximate surface area is 203 Å². The lowest BCUT2D eigenvalue weighted by Crippen LogP contribution is -2.49. The zero-order valence-corrected chi connectivity index (χ0v) is 18.6. The molecule has 3 aliphatic rings. The SMILES string of the molecule is [2H]N1C(=C)CC([2H])([2H])C([2H])(N2Cc3c(OCc4ccc(CN5CCOCC5=O)cc4)cccc3C2=O)C1=O. The van der Waals surface area contributed by atoms with Crippen LogP contribution in [0, 0.1) is 0 Å². The van der Waals surface area contributed by atoms with Crippen molar-refractivity contribution in [2.75, 3.05) is 19.8 Å². The van der Waals surface area contributed by atoms with Crippen LogP contribution in [0.1, 0.15) is 44.0 Å². The largest absolute Gasteiger partial charge is 0.489 e. The number of allylic oxidation sites excluding steroid dienone is 1. The monoisotopic (exact) mass is 465 g/mol. The first kappa shape index (κ1) is 17.8. The topological polar surface area (TPSA) is 88.2 Å². The third-order valence-electron chi connectivity index (χ3n) is 5.99. The minimum absolute atomic E-state index is 0.0389. The molecule has 2 aromatic rings. The third-order valence-corrected chi connectivity index (χ3v) is 5.99. The highest BCUT2D eigenvalue weighted by Crippen LogP contribution is 2.34. The second kappa shape index (κ2) is 9.30. The van der Waals surface area contributed by atoms with Gasteiger partial charge in [0.2, 0.25) is 11.8 Å². The van der Waals surface area contributed by atoms with Crippen molar-refractivity contribution in [1.82, 2.24) is 15.1 Å². The minimum Gasteiger partial charge on any atom is -0.489 e. The molecule has 5 rings (SSSR count). The molecule has 8 nitrogen and oxygen atoms in total. The predicted molar refractivity (Wildman–Crippen MR) is 124 cm³/mol. The van der Waals surface area contributed by atoms with E-state index in [-0.39, 0.29) is 36.9 Å². The molecule has 0 spiro atoms. The van der Waals surface area contributed by atoms with Gasteiger partial charge in [0.15, 0.2) is 1.41 Å². The van der Waals surface area contributed by atoms with Crippen molar-refractivity contribution in [3.05, 3.63) is 77.0 Å². The van der Waals surface area contributed by atoms with Crippen molar-refractivity contribution >= 4 is 17.7 Å². The summed E-state index contributed by atoms with van der Waals surface area (Å²) < 4.78 is 44.7. The minimum atomic E-state index is -2.62. The average Bonchev–Trinajstić information content (AvgIpc) is 3.24. The van der Waals surface area contributed by atoms with Gasteiger partial charge in [-0.3, -0.25) is 14.4 Å². The molecule has 176 valence electrons. The van der Waals surface area contributed by atoms with Crippen molar-refractivity contribution in [3.8, 4) is 5.75 Å². The average molecular weight is 466 g/mol. The van der Waals surface area contributed by atoms with Gasteiger partial charge in [-0.2, -0.15) is 0 Å². The fourth-order valence-corrected chi connectivity index (χ4v) is 4.17. The van der Waals surface area contributed by atoms with Gasteiger partial charge in [-0.25, -0.2) is 0 Å². The van der Waals surface area contributed by atoms with E-state index in [0.717, 1.165) is 16.0 Å². The summed E-state index contributed by atoms with van der Waals surface area (Å²) in [6.45, 7) is 5.21. The maximum absolute atomic E-state index is 13.3. The van der Waals surface area contributed by atoms with E-state index < -0.39 is 30.6 Å². The van der Waals surface area contributed by atoms with Crippen molar-refractivity contribution in [1.29, 1.82) is 0 Å². The van der Waals surface area contributed by atoms with Gasteiger partial charge in [0.1, 0.15) is 25.0 Å². The number of benzene rings is 2. The molecule has 1 N–H and O–H groups in total. The molecule has 2 aromatic carbocycles. The highest BCUT2D eigenvalue weighted by Gasteiger charge is 2.39. The summed E-state index contributed by atoms with van der Waals surface area (Å²) in [6, 6.07) is 9.86. The molecule has 0 saturated carbocycles. The predicted octanol–water partition coefficient (Wildman–Crippen LogP) is 2.37. The summed E-state index contributed by atoms with van der Waals surface area (Å²) in [7, 11) is 0. The number of piperidine rings is 1. The molecule has 0 aromatic heterocycles. The fraction of sp³-hybridized carbons (Fsp3) is 0.346. The number of morpholine rings is 1. The molecule has 0 radical (unpaired) electrons. The number of nitrogens with one attached hydrogen (secondary N) is 1. The van der Waals surface area contributed by atoms with Crippen LogP contribution in [-0.4, -0.2) is 53.3 Å². The molecule has 34 heavy (non-hydrogen) atoms. The number of nitrogens with zero attached hydrogens (tertiary/aromatic N) is 2. The molecule has 8 heteroatoms. The Morgan fingerprint density at radius 3 is 2.79 bits per heavy atom. The molecule has 3 aliphatic heterocycles. The summed E-state index contributed by atoms with van der Waals surface area (Å²) in [4.78, 5) is 40.8. The summed E-state index contributed by atoms with van der Waals surface area (Å²) in [6.07, 6.45) is -2.87. The van der Waals surface area contributed by atoms with E-state index in [1.807, 2.05) is 24.3 Å². The first-order valence-electron chi connectivity index (χ1n) is 13.0. The van der Waals surface area contributed by atoms with Gasteiger partial charge < -0.3 is 24.6 Å². The second-order valence-corrected chi connectivity index (χ2v) is 8.33. The van der Waals surface area contributed by atoms with Crippen molar-refractivity contribution in [2.24, 2.45) is 0 Å². The Hall–Kier alpha value is -3.65. The smallest absolute Gasteiger partial charge is 0.255 e. The summed E-state index contributed by atoms with van der Waals surface area (Å²) in [5.41, 5.74) is 2.45. The molecule has 3 amide bonds. The van der Waals surface area contributed by atoms with Crippen LogP contribution in [0.15, 0.2) is 54.7 Å². The van der Waals surface area contributed by atoms with Crippen molar-refractivity contribution in [3.63, 3.8) is 0 Å². The van der Waals surface area contributed by atoms with Crippen LogP contribution in [-0.2, 0) is 34.0 Å². The Kier molecular flexibility index (Phi) is 4.86. The number of amides is 3. The molecule has 2 saturated heterocycles. The Balaban J connectivity index is 1.31. The zero-order valence-electron chi connectivity index (χ0n) is 22.6. The lowest BCUT2D eigenvalue weighted by Gasteiger charge is -2.31. The van der Waals surface area contributed by atoms with Gasteiger partial charge >= 0.3 is 0 Å². The maximum Gasteiger partial charge on any atom is 0.255 e. The van der Waals surface area contributed by atoms with Gasteiger partial charge in [-0.15, -0.1) is 0 Å². The number of hydrogen-bond donors (Lipinski definition) is 1. The number of fused-ring (bicyclic) bond motifs is 1. The number of hydrogen-bond acceptors (Lipinski definition) is 5. The lowest BCUT2D eigenvalue weighted by atomic mass is 10.0. The van der Waals surface area contributed by atoms with E-state index >= 15 is 0 Å². The third kappa shape index (κ3) is 4.41. The van der Waals surface area contributed by atoms with Crippen LogP contribution in [0.3, 0.4) is 0 Å². The lowest BCUT2D eigenvalue weighted by molar-refractivity contribution is -0.143. The normalized spacial score (nSPS) is 26.1. The van der Waals surface area contributed by atoms with Crippen LogP contribution in [0.5, 0.6) is 5.75 Å². The molecule has 0 bridgehead atoms. The summed E-state index contributed by atoms with van der Waals surface area (Å²) >= 11 is 0. The first-order valence-corrected chi connectivity index (χ1v) is 11.0. The van der Waals surface area contributed by atoms with Crippen LogP contribution in [0.4, 0.5) is 0 Å². The van der Waals surface area contributed by atoms with Gasteiger partial charge in [0.25, 0.3) is 5.91 Å². The molecule has 2 fully saturated rings. The molecular weight excluding hydrogens is 434 g/mol. The van der Waals surface area contributed by atoms with Gasteiger partial charge in [0, 0.05) is 32.7 Å². The Morgan fingerprint density at radius 1 is 1.21 bits per heavy atom. The standard InChI is InChI=1S/C26H27N3O5/c1-17-5-10-22(25(31)27-17)29-14-21-20(26(29)32)3-2-4-23(21)34-15-19-8-6-18(7-9-19)13-28-11-12-33-16-24(28)30/h2-4,6-9,22H,1,5,10-16H2,(H,27,31)/i10D2,22D/hD. The molecular formula is C26H27N3O5.